The van der Waals surface area contributed by atoms with Gasteiger partial charge in [-0.1, -0.05) is 42.0 Å². The molecule has 0 aliphatic carbocycles. The Kier molecular flexibility index (Phi) is 6.58. The molecule has 1 amide bonds. The highest BCUT2D eigenvalue weighted by atomic mass is 16.5. The van der Waals surface area contributed by atoms with Crippen LogP contribution in [-0.4, -0.2) is 23.8 Å². The molecular formula is C23H22N2O4. The van der Waals surface area contributed by atoms with Gasteiger partial charge in [0.05, 0.1) is 19.0 Å². The van der Waals surface area contributed by atoms with Crippen LogP contribution in [0.25, 0.3) is 0 Å². The van der Waals surface area contributed by atoms with Crippen LogP contribution in [0.2, 0.25) is 0 Å². The van der Waals surface area contributed by atoms with Crippen molar-refractivity contribution in [1.82, 2.24) is 4.98 Å². The number of hydrogen-bond acceptors (Lipinski definition) is 5. The number of carbonyl (C=O) groups is 2. The van der Waals surface area contributed by atoms with Gasteiger partial charge in [-0.3, -0.25) is 9.59 Å². The Bertz CT molecular complexity index is 983. The molecule has 1 N–H and O–H groups in total. The van der Waals surface area contributed by atoms with Gasteiger partial charge in [-0.2, -0.15) is 0 Å². The molecule has 0 unspecified atom stereocenters. The van der Waals surface area contributed by atoms with Gasteiger partial charge in [0.15, 0.2) is 17.3 Å². The monoisotopic (exact) mass is 390 g/mol. The van der Waals surface area contributed by atoms with E-state index in [0.717, 1.165) is 5.56 Å². The van der Waals surface area contributed by atoms with E-state index in [2.05, 4.69) is 10.3 Å². The minimum absolute atomic E-state index is 0.0566. The van der Waals surface area contributed by atoms with Gasteiger partial charge in [0.25, 0.3) is 0 Å². The molecule has 6 nitrogen and oxygen atoms in total. The summed E-state index contributed by atoms with van der Waals surface area (Å²) in [6.07, 6.45) is 1.76. The van der Waals surface area contributed by atoms with Crippen LogP contribution in [0.1, 0.15) is 28.8 Å². The van der Waals surface area contributed by atoms with Crippen molar-refractivity contribution in [3.05, 3.63) is 78.0 Å². The zero-order valence-corrected chi connectivity index (χ0v) is 16.3. The number of benzene rings is 2. The Labute approximate surface area is 169 Å². The smallest absolute Gasteiger partial charge is 0.224 e. The molecule has 0 saturated heterocycles. The van der Waals surface area contributed by atoms with E-state index in [0.29, 0.717) is 28.6 Å². The number of anilines is 1. The largest absolute Gasteiger partial charge is 0.493 e. The third kappa shape index (κ3) is 5.65. The van der Waals surface area contributed by atoms with Gasteiger partial charge in [-0.25, -0.2) is 4.98 Å². The lowest BCUT2D eigenvalue weighted by atomic mass is 10.1. The fourth-order valence-corrected chi connectivity index (χ4v) is 2.66. The van der Waals surface area contributed by atoms with Crippen LogP contribution in [0.15, 0.2) is 66.9 Å². The standard InChI is InChI=1S/C23H22N2O4/c1-16-7-9-17(10-8-16)19(26)12-13-22(27)25-18-11-14-23(24-15-18)29-21-6-4-3-5-20(21)28-2/h3-11,14-15H,12-13H2,1-2H3,(H,25,27). The number of ketones is 1. The molecule has 6 heteroatoms. The highest BCUT2D eigenvalue weighted by Gasteiger charge is 2.10. The first-order valence-electron chi connectivity index (χ1n) is 9.22. The molecule has 0 atom stereocenters. The fraction of sp³-hybridized carbons (Fsp3) is 0.174. The second-order valence-electron chi connectivity index (χ2n) is 6.48. The number of carbonyl (C=O) groups excluding carboxylic acids is 2. The Balaban J connectivity index is 1.52. The minimum Gasteiger partial charge on any atom is -0.493 e. The Morgan fingerprint density at radius 1 is 0.931 bits per heavy atom. The zero-order chi connectivity index (χ0) is 20.6. The number of hydrogen-bond donors (Lipinski definition) is 1. The van der Waals surface area contributed by atoms with Crippen LogP contribution < -0.4 is 14.8 Å². The zero-order valence-electron chi connectivity index (χ0n) is 16.3. The summed E-state index contributed by atoms with van der Waals surface area (Å²) >= 11 is 0. The van der Waals surface area contributed by atoms with Gasteiger partial charge in [-0.05, 0) is 25.1 Å². The number of aryl methyl sites for hydroxylation is 1. The van der Waals surface area contributed by atoms with Crippen LogP contribution in [0.5, 0.6) is 17.4 Å². The summed E-state index contributed by atoms with van der Waals surface area (Å²) < 4.78 is 10.9. The number of ether oxygens (including phenoxy) is 2. The van der Waals surface area contributed by atoms with Crippen molar-refractivity contribution in [3.63, 3.8) is 0 Å². The summed E-state index contributed by atoms with van der Waals surface area (Å²) in [6, 6.07) is 17.9. The van der Waals surface area contributed by atoms with E-state index >= 15 is 0 Å². The number of Topliss-reactive ketones (excluding diaryl/α,β-unsaturated/α-hetero) is 1. The molecule has 148 valence electrons. The second-order valence-corrected chi connectivity index (χ2v) is 6.48. The van der Waals surface area contributed by atoms with Gasteiger partial charge in [0.1, 0.15) is 0 Å². The molecule has 0 aliphatic rings. The number of rotatable bonds is 8. The van der Waals surface area contributed by atoms with Gasteiger partial charge >= 0.3 is 0 Å². The normalized spacial score (nSPS) is 10.3. The Morgan fingerprint density at radius 3 is 2.31 bits per heavy atom. The van der Waals surface area contributed by atoms with Crippen LogP contribution >= 0.6 is 0 Å². The van der Waals surface area contributed by atoms with Crippen molar-refractivity contribution in [1.29, 1.82) is 0 Å². The number of amides is 1. The molecule has 0 fully saturated rings. The number of aromatic nitrogens is 1. The molecule has 0 bridgehead atoms. The van der Waals surface area contributed by atoms with Gasteiger partial charge in [-0.15, -0.1) is 0 Å². The van der Waals surface area contributed by atoms with Crippen LogP contribution in [0.3, 0.4) is 0 Å². The number of nitrogens with one attached hydrogen (secondary N) is 1. The average Bonchev–Trinajstić information content (AvgIpc) is 2.74. The molecule has 0 aliphatic heterocycles. The first-order chi connectivity index (χ1) is 14.0. The quantitative estimate of drug-likeness (QED) is 0.560. The first-order valence-corrected chi connectivity index (χ1v) is 9.22. The maximum absolute atomic E-state index is 12.2. The molecule has 1 heterocycles. The maximum Gasteiger partial charge on any atom is 0.224 e. The van der Waals surface area contributed by atoms with Crippen LogP contribution in [0, 0.1) is 6.92 Å². The van der Waals surface area contributed by atoms with Crippen LogP contribution in [-0.2, 0) is 4.79 Å². The lowest BCUT2D eigenvalue weighted by molar-refractivity contribution is -0.116. The molecule has 0 saturated carbocycles. The molecule has 2 aromatic carbocycles. The first kappa shape index (κ1) is 20.1. The van der Waals surface area contributed by atoms with E-state index in [1.807, 2.05) is 31.2 Å². The third-order valence-electron chi connectivity index (χ3n) is 4.26. The van der Waals surface area contributed by atoms with E-state index in [1.54, 1.807) is 43.5 Å². The second kappa shape index (κ2) is 9.50. The summed E-state index contributed by atoms with van der Waals surface area (Å²) in [4.78, 5) is 28.5. The van der Waals surface area contributed by atoms with Crippen molar-refractivity contribution >= 4 is 17.4 Å². The Hall–Kier alpha value is -3.67. The van der Waals surface area contributed by atoms with E-state index in [9.17, 15) is 9.59 Å². The topological polar surface area (TPSA) is 77.5 Å². The van der Waals surface area contributed by atoms with Crippen LogP contribution in [0.4, 0.5) is 5.69 Å². The number of para-hydroxylation sites is 2. The highest BCUT2D eigenvalue weighted by Crippen LogP contribution is 2.30. The Morgan fingerprint density at radius 2 is 1.66 bits per heavy atom. The number of methoxy groups -OCH3 is 1. The van der Waals surface area contributed by atoms with Crippen molar-refractivity contribution in [2.24, 2.45) is 0 Å². The van der Waals surface area contributed by atoms with E-state index in [4.69, 9.17) is 9.47 Å². The number of pyridine rings is 1. The lowest BCUT2D eigenvalue weighted by Crippen LogP contribution is -2.13. The summed E-state index contributed by atoms with van der Waals surface area (Å²) in [6.45, 7) is 1.96. The predicted octanol–water partition coefficient (Wildman–Crippen LogP) is 4.79. The molecular weight excluding hydrogens is 368 g/mol. The van der Waals surface area contributed by atoms with Gasteiger partial charge in [0, 0.05) is 24.5 Å². The summed E-state index contributed by atoms with van der Waals surface area (Å²) in [7, 11) is 1.57. The summed E-state index contributed by atoms with van der Waals surface area (Å²) in [5.41, 5.74) is 2.23. The summed E-state index contributed by atoms with van der Waals surface area (Å²) in [5.74, 6) is 1.23. The molecule has 29 heavy (non-hydrogen) atoms. The summed E-state index contributed by atoms with van der Waals surface area (Å²) in [5, 5.41) is 2.74. The molecule has 3 rings (SSSR count). The molecule has 1 aromatic heterocycles. The van der Waals surface area contributed by atoms with Gasteiger partial charge in [0.2, 0.25) is 11.8 Å². The molecule has 3 aromatic rings. The number of nitrogens with zero attached hydrogens (tertiary/aromatic N) is 1. The SMILES string of the molecule is COc1ccccc1Oc1ccc(NC(=O)CCC(=O)c2ccc(C)cc2)cn1. The third-order valence-corrected chi connectivity index (χ3v) is 4.26. The fourth-order valence-electron chi connectivity index (χ4n) is 2.66. The van der Waals surface area contributed by atoms with E-state index < -0.39 is 0 Å². The average molecular weight is 390 g/mol. The van der Waals surface area contributed by atoms with Gasteiger partial charge < -0.3 is 14.8 Å². The minimum atomic E-state index is -0.245. The molecule has 0 spiro atoms. The molecule has 0 radical (unpaired) electrons. The van der Waals surface area contributed by atoms with Crippen molar-refractivity contribution < 1.29 is 19.1 Å². The van der Waals surface area contributed by atoms with Crippen molar-refractivity contribution in [2.75, 3.05) is 12.4 Å². The van der Waals surface area contributed by atoms with E-state index in [-0.39, 0.29) is 24.5 Å². The predicted molar refractivity (Wildman–Crippen MR) is 111 cm³/mol. The lowest BCUT2D eigenvalue weighted by Gasteiger charge is -2.10. The maximum atomic E-state index is 12.2. The van der Waals surface area contributed by atoms with Crippen molar-refractivity contribution in [3.8, 4) is 17.4 Å². The van der Waals surface area contributed by atoms with Crippen molar-refractivity contribution in [2.45, 2.75) is 19.8 Å². The highest BCUT2D eigenvalue weighted by molar-refractivity contribution is 5.99. The van der Waals surface area contributed by atoms with E-state index in [1.165, 1.54) is 6.20 Å².